The van der Waals surface area contributed by atoms with Crippen LogP contribution in [0.1, 0.15) is 47.0 Å². The highest BCUT2D eigenvalue weighted by atomic mass is 32.2. The minimum Gasteiger partial charge on any atom is -0.362 e. The fraction of sp³-hybridized carbons (Fsp3) is 0.929. The first-order valence-electron chi connectivity index (χ1n) is 7.09. The van der Waals surface area contributed by atoms with Crippen molar-refractivity contribution >= 4 is 16.9 Å². The summed E-state index contributed by atoms with van der Waals surface area (Å²) in [5.41, 5.74) is 0. The third-order valence-electron chi connectivity index (χ3n) is 4.50. The first kappa shape index (κ1) is 13.3. The van der Waals surface area contributed by atoms with E-state index in [0.717, 1.165) is 17.6 Å². The van der Waals surface area contributed by atoms with Gasteiger partial charge in [0.1, 0.15) is 0 Å². The van der Waals surface area contributed by atoms with E-state index >= 15 is 0 Å². The molecule has 3 heteroatoms. The number of nitrogens with zero attached hydrogens (tertiary/aromatic N) is 1. The van der Waals surface area contributed by atoms with Crippen molar-refractivity contribution in [3.63, 3.8) is 0 Å². The molecule has 0 radical (unpaired) electrons. The zero-order valence-corrected chi connectivity index (χ0v) is 12.4. The standard InChI is InChI=1S/C14H26N2S/c1-5-11-6-7-12(10(11)4)15-14-16-13(8-17-14)9(2)3/h9-13H,5-8H2,1-4H3,(H,15,16)/t10?,11?,12?,13-/m1/s1. The van der Waals surface area contributed by atoms with E-state index in [2.05, 4.69) is 33.0 Å². The summed E-state index contributed by atoms with van der Waals surface area (Å²) in [6.07, 6.45) is 4.04. The van der Waals surface area contributed by atoms with Crippen molar-refractivity contribution in [2.24, 2.45) is 22.7 Å². The second-order valence-electron chi connectivity index (χ2n) is 5.91. The van der Waals surface area contributed by atoms with Crippen molar-refractivity contribution in [3.8, 4) is 0 Å². The Labute approximate surface area is 110 Å². The van der Waals surface area contributed by atoms with Crippen molar-refractivity contribution in [2.45, 2.75) is 59.0 Å². The van der Waals surface area contributed by atoms with Crippen LogP contribution in [-0.2, 0) is 0 Å². The van der Waals surface area contributed by atoms with Crippen LogP contribution in [0.4, 0.5) is 0 Å². The maximum absolute atomic E-state index is 4.80. The number of hydrogen-bond donors (Lipinski definition) is 1. The van der Waals surface area contributed by atoms with Crippen LogP contribution in [0.15, 0.2) is 4.99 Å². The van der Waals surface area contributed by atoms with Gasteiger partial charge in [-0.05, 0) is 30.6 Å². The van der Waals surface area contributed by atoms with E-state index in [4.69, 9.17) is 4.99 Å². The van der Waals surface area contributed by atoms with Crippen molar-refractivity contribution in [3.05, 3.63) is 0 Å². The smallest absolute Gasteiger partial charge is 0.157 e. The summed E-state index contributed by atoms with van der Waals surface area (Å²) in [5.74, 6) is 3.56. The zero-order valence-electron chi connectivity index (χ0n) is 11.6. The van der Waals surface area contributed by atoms with Crippen LogP contribution in [0.5, 0.6) is 0 Å². The van der Waals surface area contributed by atoms with Gasteiger partial charge in [-0.15, -0.1) is 0 Å². The van der Waals surface area contributed by atoms with Gasteiger partial charge in [0.05, 0.1) is 6.04 Å². The van der Waals surface area contributed by atoms with Gasteiger partial charge in [-0.3, -0.25) is 4.99 Å². The number of amidine groups is 1. The van der Waals surface area contributed by atoms with Gasteiger partial charge in [-0.1, -0.05) is 45.9 Å². The molecule has 2 nitrogen and oxygen atoms in total. The van der Waals surface area contributed by atoms with Gasteiger partial charge in [0.25, 0.3) is 0 Å². The van der Waals surface area contributed by atoms with E-state index in [-0.39, 0.29) is 0 Å². The number of aliphatic imine (C=N–C) groups is 1. The normalized spacial score (nSPS) is 37.6. The molecule has 0 aromatic heterocycles. The van der Waals surface area contributed by atoms with Crippen molar-refractivity contribution in [2.75, 3.05) is 5.75 Å². The summed E-state index contributed by atoms with van der Waals surface area (Å²) in [4.78, 5) is 4.80. The molecule has 98 valence electrons. The average Bonchev–Trinajstić information content (AvgIpc) is 2.88. The van der Waals surface area contributed by atoms with Crippen LogP contribution in [0.3, 0.4) is 0 Å². The fourth-order valence-electron chi connectivity index (χ4n) is 3.00. The average molecular weight is 254 g/mol. The summed E-state index contributed by atoms with van der Waals surface area (Å²) in [7, 11) is 0. The van der Waals surface area contributed by atoms with E-state index < -0.39 is 0 Å². The van der Waals surface area contributed by atoms with Crippen LogP contribution in [0.2, 0.25) is 0 Å². The molecule has 0 spiro atoms. The summed E-state index contributed by atoms with van der Waals surface area (Å²) in [6, 6.07) is 1.19. The minimum absolute atomic E-state index is 0.529. The van der Waals surface area contributed by atoms with Gasteiger partial charge in [0.15, 0.2) is 5.17 Å². The molecule has 0 aromatic carbocycles. The fourth-order valence-corrected chi connectivity index (χ4v) is 4.23. The lowest BCUT2D eigenvalue weighted by molar-refractivity contribution is 0.369. The molecule has 1 saturated carbocycles. The lowest BCUT2D eigenvalue weighted by Crippen LogP contribution is -2.35. The molecule has 1 fully saturated rings. The lowest BCUT2D eigenvalue weighted by atomic mass is 9.94. The molecule has 2 aliphatic rings. The Hall–Kier alpha value is -0.180. The Bertz CT molecular complexity index is 288. The molecule has 1 aliphatic heterocycles. The van der Waals surface area contributed by atoms with Crippen molar-refractivity contribution in [1.82, 2.24) is 5.32 Å². The number of thioether (sulfide) groups is 1. The molecule has 1 aliphatic carbocycles. The SMILES string of the molecule is CCC1CCC(NC2=N[C@@H](C(C)C)CS2)C1C. The molecule has 0 bridgehead atoms. The molecule has 2 rings (SSSR count). The maximum Gasteiger partial charge on any atom is 0.157 e. The Morgan fingerprint density at radius 3 is 2.71 bits per heavy atom. The molecule has 0 amide bonds. The summed E-state index contributed by atoms with van der Waals surface area (Å²) >= 11 is 1.92. The summed E-state index contributed by atoms with van der Waals surface area (Å²) in [5, 5.41) is 4.90. The van der Waals surface area contributed by atoms with E-state index in [1.807, 2.05) is 11.8 Å². The van der Waals surface area contributed by atoms with Gasteiger partial charge in [-0.25, -0.2) is 0 Å². The highest BCUT2D eigenvalue weighted by Crippen LogP contribution is 2.34. The molecule has 3 unspecified atom stereocenters. The zero-order chi connectivity index (χ0) is 12.4. The second-order valence-corrected chi connectivity index (χ2v) is 6.92. The third kappa shape index (κ3) is 2.98. The molecule has 17 heavy (non-hydrogen) atoms. The van der Waals surface area contributed by atoms with Crippen molar-refractivity contribution < 1.29 is 0 Å². The number of rotatable bonds is 3. The quantitative estimate of drug-likeness (QED) is 0.833. The predicted octanol–water partition coefficient (Wildman–Crippen LogP) is 3.53. The van der Waals surface area contributed by atoms with Gasteiger partial charge in [0.2, 0.25) is 0 Å². The molecule has 0 aromatic rings. The predicted molar refractivity (Wildman–Crippen MR) is 77.6 cm³/mol. The molecular weight excluding hydrogens is 228 g/mol. The molecule has 4 atom stereocenters. The maximum atomic E-state index is 4.80. The number of nitrogens with one attached hydrogen (secondary N) is 1. The van der Waals surface area contributed by atoms with Gasteiger partial charge >= 0.3 is 0 Å². The Kier molecular flexibility index (Phi) is 4.40. The lowest BCUT2D eigenvalue weighted by Gasteiger charge is -2.21. The van der Waals surface area contributed by atoms with E-state index in [9.17, 15) is 0 Å². The Balaban J connectivity index is 1.88. The summed E-state index contributed by atoms with van der Waals surface area (Å²) < 4.78 is 0. The second kappa shape index (κ2) is 5.64. The first-order chi connectivity index (χ1) is 8.11. The van der Waals surface area contributed by atoms with E-state index in [0.29, 0.717) is 18.0 Å². The molecule has 0 saturated heterocycles. The largest absolute Gasteiger partial charge is 0.362 e. The van der Waals surface area contributed by atoms with Crippen LogP contribution in [0, 0.1) is 17.8 Å². The minimum atomic E-state index is 0.529. The molecule has 1 N–H and O–H groups in total. The van der Waals surface area contributed by atoms with Gasteiger partial charge in [0, 0.05) is 11.8 Å². The Morgan fingerprint density at radius 2 is 2.18 bits per heavy atom. The first-order valence-corrected chi connectivity index (χ1v) is 8.07. The Morgan fingerprint density at radius 1 is 1.41 bits per heavy atom. The van der Waals surface area contributed by atoms with Gasteiger partial charge in [-0.2, -0.15) is 0 Å². The van der Waals surface area contributed by atoms with E-state index in [1.54, 1.807) is 0 Å². The molecular formula is C14H26N2S. The highest BCUT2D eigenvalue weighted by Gasteiger charge is 2.33. The van der Waals surface area contributed by atoms with Crippen LogP contribution >= 0.6 is 11.8 Å². The van der Waals surface area contributed by atoms with Crippen molar-refractivity contribution in [1.29, 1.82) is 0 Å². The van der Waals surface area contributed by atoms with E-state index in [1.165, 1.54) is 24.4 Å². The summed E-state index contributed by atoms with van der Waals surface area (Å²) in [6.45, 7) is 9.26. The number of hydrogen-bond acceptors (Lipinski definition) is 3. The highest BCUT2D eigenvalue weighted by molar-refractivity contribution is 8.14. The monoisotopic (exact) mass is 254 g/mol. The topological polar surface area (TPSA) is 24.4 Å². The van der Waals surface area contributed by atoms with Crippen LogP contribution in [0.25, 0.3) is 0 Å². The van der Waals surface area contributed by atoms with Gasteiger partial charge < -0.3 is 5.32 Å². The third-order valence-corrected chi connectivity index (χ3v) is 5.51. The molecule has 1 heterocycles. The van der Waals surface area contributed by atoms with Crippen LogP contribution < -0.4 is 5.32 Å². The van der Waals surface area contributed by atoms with Crippen LogP contribution in [-0.4, -0.2) is 23.0 Å².